The number of hydrogen-bond donors (Lipinski definition) is 3. The van der Waals surface area contributed by atoms with E-state index in [-0.39, 0.29) is 11.4 Å². The number of rotatable bonds is 7. The van der Waals surface area contributed by atoms with E-state index in [1.165, 1.54) is 4.88 Å². The molecule has 0 atom stereocenters. The van der Waals surface area contributed by atoms with Gasteiger partial charge in [0, 0.05) is 25.0 Å². The van der Waals surface area contributed by atoms with Crippen LogP contribution >= 0.6 is 11.3 Å². The van der Waals surface area contributed by atoms with Gasteiger partial charge in [-0.1, -0.05) is 24.3 Å². The maximum Gasteiger partial charge on any atom is 0.240 e. The van der Waals surface area contributed by atoms with Crippen molar-refractivity contribution < 1.29 is 8.42 Å². The van der Waals surface area contributed by atoms with Crippen molar-refractivity contribution in [2.24, 2.45) is 4.99 Å². The fraction of sp³-hybridized carbons (Fsp3) is 0.267. The molecule has 3 N–H and O–H groups in total. The van der Waals surface area contributed by atoms with E-state index in [4.69, 9.17) is 0 Å². The van der Waals surface area contributed by atoms with Gasteiger partial charge in [0.2, 0.25) is 10.0 Å². The molecule has 0 fully saturated rings. The van der Waals surface area contributed by atoms with Gasteiger partial charge in [0.15, 0.2) is 5.96 Å². The molecular weight excluding hydrogens is 332 g/mol. The lowest BCUT2D eigenvalue weighted by Gasteiger charge is -2.12. The van der Waals surface area contributed by atoms with Crippen LogP contribution in [0.2, 0.25) is 0 Å². The predicted molar refractivity (Wildman–Crippen MR) is 94.2 cm³/mol. The molecule has 0 amide bonds. The van der Waals surface area contributed by atoms with Crippen LogP contribution in [0.5, 0.6) is 0 Å². The summed E-state index contributed by atoms with van der Waals surface area (Å²) in [6.45, 7) is 1.40. The SMILES string of the molecule is CN=C(NCCNS(=O)(=O)c1ccccc1)NCc1cccs1. The summed E-state index contributed by atoms with van der Waals surface area (Å²) in [5.41, 5.74) is 0. The van der Waals surface area contributed by atoms with Gasteiger partial charge in [0.05, 0.1) is 11.4 Å². The molecule has 0 aliphatic carbocycles. The van der Waals surface area contributed by atoms with Gasteiger partial charge in [-0.3, -0.25) is 4.99 Å². The third kappa shape index (κ3) is 5.66. The first-order chi connectivity index (χ1) is 11.1. The van der Waals surface area contributed by atoms with Crippen LogP contribution in [-0.2, 0) is 16.6 Å². The summed E-state index contributed by atoms with van der Waals surface area (Å²) in [7, 11) is -1.78. The predicted octanol–water partition coefficient (Wildman–Crippen LogP) is 1.39. The first-order valence-corrected chi connectivity index (χ1v) is 9.50. The van der Waals surface area contributed by atoms with Crippen molar-refractivity contribution in [1.29, 1.82) is 0 Å². The fourth-order valence-corrected chi connectivity index (χ4v) is 3.55. The van der Waals surface area contributed by atoms with Crippen LogP contribution < -0.4 is 15.4 Å². The maximum absolute atomic E-state index is 12.0. The summed E-state index contributed by atoms with van der Waals surface area (Å²) in [6, 6.07) is 12.3. The van der Waals surface area contributed by atoms with Crippen molar-refractivity contribution in [2.75, 3.05) is 20.1 Å². The molecule has 124 valence electrons. The van der Waals surface area contributed by atoms with E-state index in [1.54, 1.807) is 48.7 Å². The minimum Gasteiger partial charge on any atom is -0.355 e. The fourth-order valence-electron chi connectivity index (χ4n) is 1.85. The van der Waals surface area contributed by atoms with Crippen molar-refractivity contribution in [3.05, 3.63) is 52.7 Å². The second-order valence-corrected chi connectivity index (χ2v) is 7.44. The van der Waals surface area contributed by atoms with E-state index in [0.29, 0.717) is 19.0 Å². The standard InChI is InChI=1S/C15H20N4O2S2/c1-16-15(18-12-13-6-5-11-22-13)17-9-10-19-23(20,21)14-7-3-2-4-8-14/h2-8,11,19H,9-10,12H2,1H3,(H2,16,17,18). The maximum atomic E-state index is 12.0. The van der Waals surface area contributed by atoms with Crippen LogP contribution in [0.1, 0.15) is 4.88 Å². The van der Waals surface area contributed by atoms with E-state index in [2.05, 4.69) is 20.3 Å². The quantitative estimate of drug-likeness (QED) is 0.400. The summed E-state index contributed by atoms with van der Waals surface area (Å²) in [6.07, 6.45) is 0. The molecule has 0 bridgehead atoms. The number of aliphatic imine (C=N–C) groups is 1. The lowest BCUT2D eigenvalue weighted by atomic mass is 10.4. The van der Waals surface area contributed by atoms with Gasteiger partial charge in [-0.15, -0.1) is 11.3 Å². The summed E-state index contributed by atoms with van der Waals surface area (Å²) in [4.78, 5) is 5.57. The number of nitrogens with zero attached hydrogens (tertiary/aromatic N) is 1. The molecule has 2 aromatic rings. The smallest absolute Gasteiger partial charge is 0.240 e. The lowest BCUT2D eigenvalue weighted by molar-refractivity contribution is 0.580. The Morgan fingerprint density at radius 3 is 2.52 bits per heavy atom. The molecule has 0 aliphatic rings. The zero-order valence-corrected chi connectivity index (χ0v) is 14.5. The Labute approximate surface area is 140 Å². The molecule has 0 saturated carbocycles. The van der Waals surface area contributed by atoms with E-state index < -0.39 is 10.0 Å². The highest BCUT2D eigenvalue weighted by Gasteiger charge is 2.11. The highest BCUT2D eigenvalue weighted by Crippen LogP contribution is 2.07. The first kappa shape index (κ1) is 17.5. The lowest BCUT2D eigenvalue weighted by Crippen LogP contribution is -2.41. The zero-order valence-electron chi connectivity index (χ0n) is 12.8. The Kier molecular flexibility index (Phi) is 6.57. The number of benzene rings is 1. The van der Waals surface area contributed by atoms with Crippen LogP contribution in [0.15, 0.2) is 57.7 Å². The van der Waals surface area contributed by atoms with E-state index >= 15 is 0 Å². The van der Waals surface area contributed by atoms with E-state index in [9.17, 15) is 8.42 Å². The van der Waals surface area contributed by atoms with Crippen molar-refractivity contribution in [1.82, 2.24) is 15.4 Å². The van der Waals surface area contributed by atoms with Gasteiger partial charge in [0.1, 0.15) is 0 Å². The van der Waals surface area contributed by atoms with Crippen molar-refractivity contribution in [3.8, 4) is 0 Å². The second kappa shape index (κ2) is 8.66. The molecule has 1 aromatic heterocycles. The average molecular weight is 352 g/mol. The number of nitrogens with one attached hydrogen (secondary N) is 3. The van der Waals surface area contributed by atoms with Gasteiger partial charge in [-0.25, -0.2) is 13.1 Å². The van der Waals surface area contributed by atoms with Crippen LogP contribution in [-0.4, -0.2) is 34.5 Å². The van der Waals surface area contributed by atoms with Crippen molar-refractivity contribution >= 4 is 27.3 Å². The summed E-state index contributed by atoms with van der Waals surface area (Å²) in [5.74, 6) is 0.636. The number of thiophene rings is 1. The third-order valence-electron chi connectivity index (χ3n) is 3.00. The molecule has 6 nitrogen and oxygen atoms in total. The Morgan fingerprint density at radius 2 is 1.87 bits per heavy atom. The Balaban J connectivity index is 1.73. The number of guanidine groups is 1. The zero-order chi connectivity index (χ0) is 16.5. The van der Waals surface area contributed by atoms with Gasteiger partial charge in [-0.05, 0) is 23.6 Å². The summed E-state index contributed by atoms with van der Waals surface area (Å²) < 4.78 is 26.6. The van der Waals surface area contributed by atoms with Gasteiger partial charge >= 0.3 is 0 Å². The normalized spacial score (nSPS) is 12.1. The summed E-state index contributed by atoms with van der Waals surface area (Å²) >= 11 is 1.67. The number of sulfonamides is 1. The minimum absolute atomic E-state index is 0.264. The van der Waals surface area contributed by atoms with Gasteiger partial charge in [-0.2, -0.15) is 0 Å². The highest BCUT2D eigenvalue weighted by molar-refractivity contribution is 7.89. The monoisotopic (exact) mass is 352 g/mol. The van der Waals surface area contributed by atoms with Gasteiger partial charge < -0.3 is 10.6 Å². The second-order valence-electron chi connectivity index (χ2n) is 4.64. The molecular formula is C15H20N4O2S2. The van der Waals surface area contributed by atoms with Crippen molar-refractivity contribution in [3.63, 3.8) is 0 Å². The molecule has 1 aromatic carbocycles. The minimum atomic E-state index is -3.46. The number of hydrogen-bond acceptors (Lipinski definition) is 4. The highest BCUT2D eigenvalue weighted by atomic mass is 32.2. The third-order valence-corrected chi connectivity index (χ3v) is 5.35. The molecule has 0 unspecified atom stereocenters. The first-order valence-electron chi connectivity index (χ1n) is 7.13. The topological polar surface area (TPSA) is 82.6 Å². The molecule has 2 rings (SSSR count). The Hall–Kier alpha value is -1.90. The largest absolute Gasteiger partial charge is 0.355 e. The van der Waals surface area contributed by atoms with Crippen LogP contribution in [0.25, 0.3) is 0 Å². The van der Waals surface area contributed by atoms with Crippen molar-refractivity contribution in [2.45, 2.75) is 11.4 Å². The van der Waals surface area contributed by atoms with E-state index in [1.807, 2.05) is 17.5 Å². The molecule has 1 heterocycles. The van der Waals surface area contributed by atoms with Gasteiger partial charge in [0.25, 0.3) is 0 Å². The molecule has 0 aliphatic heterocycles. The molecule has 23 heavy (non-hydrogen) atoms. The molecule has 8 heteroatoms. The summed E-state index contributed by atoms with van der Waals surface area (Å²) in [5, 5.41) is 8.27. The Morgan fingerprint density at radius 1 is 1.09 bits per heavy atom. The molecule has 0 spiro atoms. The molecule has 0 saturated heterocycles. The van der Waals surface area contributed by atoms with Crippen LogP contribution in [0.4, 0.5) is 0 Å². The Bertz CT molecular complexity index is 713. The van der Waals surface area contributed by atoms with E-state index in [0.717, 1.165) is 0 Å². The van der Waals surface area contributed by atoms with Crippen LogP contribution in [0.3, 0.4) is 0 Å². The van der Waals surface area contributed by atoms with Crippen LogP contribution in [0, 0.1) is 0 Å². The molecule has 0 radical (unpaired) electrons. The average Bonchev–Trinajstić information content (AvgIpc) is 3.08.